The number of imidazole rings is 1. The highest BCUT2D eigenvalue weighted by atomic mass is 32.2. The molecule has 0 radical (unpaired) electrons. The summed E-state index contributed by atoms with van der Waals surface area (Å²) in [4.78, 5) is 17.7. The van der Waals surface area contributed by atoms with Gasteiger partial charge in [-0.3, -0.25) is 4.79 Å². The molecule has 4 nitrogen and oxygen atoms in total. The predicted octanol–water partition coefficient (Wildman–Crippen LogP) is 3.54. The zero-order valence-electron chi connectivity index (χ0n) is 11.8. The molecule has 0 saturated heterocycles. The van der Waals surface area contributed by atoms with Gasteiger partial charge in [-0.1, -0.05) is 11.8 Å². The number of carbonyl (C=O) groups is 1. The van der Waals surface area contributed by atoms with E-state index in [0.717, 1.165) is 17.3 Å². The van der Waals surface area contributed by atoms with E-state index in [-0.39, 0.29) is 11.8 Å². The smallest absolute Gasteiger partial charge is 0.313 e. The third-order valence-corrected chi connectivity index (χ3v) is 4.98. The van der Waals surface area contributed by atoms with Crippen LogP contribution in [0, 0.1) is 13.8 Å². The van der Waals surface area contributed by atoms with Crippen molar-refractivity contribution in [1.82, 2.24) is 9.55 Å². The Morgan fingerprint density at radius 3 is 2.85 bits per heavy atom. The van der Waals surface area contributed by atoms with E-state index in [9.17, 15) is 4.79 Å². The molecular formula is C14H18N2O2S2. The highest BCUT2D eigenvalue weighted by Gasteiger charge is 2.16. The first kappa shape index (κ1) is 15.1. The molecule has 1 unspecified atom stereocenters. The number of aliphatic carboxylic acids is 1. The van der Waals surface area contributed by atoms with Crippen molar-refractivity contribution in [2.45, 2.75) is 38.4 Å². The Bertz CT molecular complexity index is 604. The first-order valence-electron chi connectivity index (χ1n) is 6.41. The lowest BCUT2D eigenvalue weighted by atomic mass is 10.2. The largest absolute Gasteiger partial charge is 0.481 e. The average Bonchev–Trinajstić information content (AvgIpc) is 2.93. The normalized spacial score (nSPS) is 12.6. The molecule has 0 saturated carbocycles. The SMILES string of the molecule is Cc1ccc(CC(C)n2c(C)cnc2SCC(=O)O)s1. The van der Waals surface area contributed by atoms with Crippen LogP contribution in [0.5, 0.6) is 0 Å². The number of hydrogen-bond acceptors (Lipinski definition) is 4. The van der Waals surface area contributed by atoms with E-state index in [1.54, 1.807) is 6.20 Å². The Morgan fingerprint density at radius 1 is 1.50 bits per heavy atom. The zero-order chi connectivity index (χ0) is 14.7. The molecule has 2 rings (SSSR count). The molecule has 1 N–H and O–H groups in total. The Kier molecular flexibility index (Phi) is 4.88. The van der Waals surface area contributed by atoms with E-state index in [0.29, 0.717) is 0 Å². The van der Waals surface area contributed by atoms with Crippen molar-refractivity contribution in [2.75, 3.05) is 5.75 Å². The average molecular weight is 310 g/mol. The van der Waals surface area contributed by atoms with Crippen molar-refractivity contribution in [1.29, 1.82) is 0 Å². The van der Waals surface area contributed by atoms with E-state index in [2.05, 4.69) is 35.5 Å². The Balaban J connectivity index is 2.13. The molecule has 0 aliphatic rings. The standard InChI is InChI=1S/C14H18N2O2S2/c1-9(6-12-5-4-11(3)20-12)16-10(2)7-15-14(16)19-8-13(17)18/h4-5,7,9H,6,8H2,1-3H3,(H,17,18). The predicted molar refractivity (Wildman–Crippen MR) is 82.8 cm³/mol. The van der Waals surface area contributed by atoms with Crippen molar-refractivity contribution >= 4 is 29.1 Å². The second kappa shape index (κ2) is 6.45. The maximum absolute atomic E-state index is 10.7. The van der Waals surface area contributed by atoms with Crippen LogP contribution in [0.4, 0.5) is 0 Å². The quantitative estimate of drug-likeness (QED) is 0.829. The van der Waals surface area contributed by atoms with Gasteiger partial charge in [0.1, 0.15) is 0 Å². The van der Waals surface area contributed by atoms with Gasteiger partial charge in [-0.15, -0.1) is 11.3 Å². The van der Waals surface area contributed by atoms with Crippen molar-refractivity contribution in [3.8, 4) is 0 Å². The molecule has 0 bridgehead atoms. The summed E-state index contributed by atoms with van der Waals surface area (Å²) in [5, 5.41) is 9.58. The Hall–Kier alpha value is -1.27. The molecule has 0 aliphatic carbocycles. The molecule has 0 amide bonds. The monoisotopic (exact) mass is 310 g/mol. The van der Waals surface area contributed by atoms with Gasteiger partial charge in [-0.25, -0.2) is 4.98 Å². The van der Waals surface area contributed by atoms with Gasteiger partial charge in [0.15, 0.2) is 5.16 Å². The number of carboxylic acids is 1. The molecular weight excluding hydrogens is 292 g/mol. The number of aryl methyl sites for hydroxylation is 2. The first-order chi connectivity index (χ1) is 9.47. The molecule has 0 aliphatic heterocycles. The first-order valence-corrected chi connectivity index (χ1v) is 8.21. The third-order valence-electron chi connectivity index (χ3n) is 3.01. The van der Waals surface area contributed by atoms with Gasteiger partial charge in [0.25, 0.3) is 0 Å². The fraction of sp³-hybridized carbons (Fsp3) is 0.429. The van der Waals surface area contributed by atoms with Crippen LogP contribution >= 0.6 is 23.1 Å². The van der Waals surface area contributed by atoms with Gasteiger partial charge in [0.05, 0.1) is 5.75 Å². The fourth-order valence-corrected chi connectivity index (χ4v) is 4.02. The summed E-state index contributed by atoms with van der Waals surface area (Å²) < 4.78 is 2.13. The molecule has 6 heteroatoms. The van der Waals surface area contributed by atoms with Crippen LogP contribution in [0.3, 0.4) is 0 Å². The van der Waals surface area contributed by atoms with Crippen LogP contribution in [-0.2, 0) is 11.2 Å². The maximum Gasteiger partial charge on any atom is 0.313 e. The summed E-state index contributed by atoms with van der Waals surface area (Å²) in [6, 6.07) is 4.56. The van der Waals surface area contributed by atoms with Crippen molar-refractivity contribution in [3.63, 3.8) is 0 Å². The van der Waals surface area contributed by atoms with Crippen LogP contribution in [0.15, 0.2) is 23.5 Å². The van der Waals surface area contributed by atoms with E-state index in [1.165, 1.54) is 21.5 Å². The van der Waals surface area contributed by atoms with Gasteiger partial charge in [0.2, 0.25) is 0 Å². The van der Waals surface area contributed by atoms with E-state index < -0.39 is 5.97 Å². The third kappa shape index (κ3) is 3.64. The summed E-state index contributed by atoms with van der Waals surface area (Å²) >= 11 is 3.08. The summed E-state index contributed by atoms with van der Waals surface area (Å²) in [5.74, 6) is -0.773. The lowest BCUT2D eigenvalue weighted by Crippen LogP contribution is -2.11. The van der Waals surface area contributed by atoms with Gasteiger partial charge in [-0.05, 0) is 32.9 Å². The van der Waals surface area contributed by atoms with Crippen LogP contribution < -0.4 is 0 Å². The van der Waals surface area contributed by atoms with Crippen molar-refractivity contribution in [3.05, 3.63) is 33.8 Å². The Labute approximate surface area is 126 Å². The lowest BCUT2D eigenvalue weighted by molar-refractivity contribution is -0.133. The molecule has 2 aromatic heterocycles. The van der Waals surface area contributed by atoms with Gasteiger partial charge >= 0.3 is 5.97 Å². The van der Waals surface area contributed by atoms with Crippen LogP contribution in [0.2, 0.25) is 0 Å². The summed E-state index contributed by atoms with van der Waals surface area (Å²) in [5.41, 5.74) is 1.07. The van der Waals surface area contributed by atoms with E-state index in [4.69, 9.17) is 5.11 Å². The topological polar surface area (TPSA) is 55.1 Å². The summed E-state index contributed by atoms with van der Waals surface area (Å²) in [7, 11) is 0. The summed E-state index contributed by atoms with van der Waals surface area (Å²) in [6.07, 6.45) is 2.75. The number of rotatable bonds is 6. The van der Waals surface area contributed by atoms with Gasteiger partial charge in [0, 0.05) is 34.1 Å². The molecule has 0 fully saturated rings. The molecule has 2 heterocycles. The molecule has 2 aromatic rings. The zero-order valence-corrected chi connectivity index (χ0v) is 13.4. The second-order valence-corrected chi connectivity index (χ2v) is 7.12. The van der Waals surface area contributed by atoms with Crippen molar-refractivity contribution < 1.29 is 9.90 Å². The van der Waals surface area contributed by atoms with Crippen molar-refractivity contribution in [2.24, 2.45) is 0 Å². The highest BCUT2D eigenvalue weighted by Crippen LogP contribution is 2.27. The number of thiophene rings is 1. The van der Waals surface area contributed by atoms with Gasteiger partial charge < -0.3 is 9.67 Å². The number of thioether (sulfide) groups is 1. The molecule has 108 valence electrons. The highest BCUT2D eigenvalue weighted by molar-refractivity contribution is 7.99. The minimum atomic E-state index is -0.816. The maximum atomic E-state index is 10.7. The molecule has 0 spiro atoms. The molecule has 20 heavy (non-hydrogen) atoms. The molecule has 1 atom stereocenters. The minimum Gasteiger partial charge on any atom is -0.481 e. The van der Waals surface area contributed by atoms with Crippen LogP contribution in [0.1, 0.15) is 28.4 Å². The van der Waals surface area contributed by atoms with Crippen LogP contribution in [0.25, 0.3) is 0 Å². The van der Waals surface area contributed by atoms with Crippen LogP contribution in [-0.4, -0.2) is 26.4 Å². The molecule has 0 aromatic carbocycles. The second-order valence-electron chi connectivity index (χ2n) is 4.80. The summed E-state index contributed by atoms with van der Waals surface area (Å²) in [6.45, 7) is 6.26. The number of carboxylic acid groups (broad SMARTS) is 1. The Morgan fingerprint density at radius 2 is 2.25 bits per heavy atom. The van der Waals surface area contributed by atoms with Gasteiger partial charge in [-0.2, -0.15) is 0 Å². The number of nitrogens with zero attached hydrogens (tertiary/aromatic N) is 2. The number of aromatic nitrogens is 2. The minimum absolute atomic E-state index is 0.0429. The fourth-order valence-electron chi connectivity index (χ4n) is 2.17. The lowest BCUT2D eigenvalue weighted by Gasteiger charge is -2.17. The number of hydrogen-bond donors (Lipinski definition) is 1. The van der Waals surface area contributed by atoms with E-state index in [1.807, 2.05) is 18.3 Å². The van der Waals surface area contributed by atoms with E-state index >= 15 is 0 Å².